The molecule has 0 bridgehead atoms. The van der Waals surface area contributed by atoms with Crippen molar-refractivity contribution in [3.63, 3.8) is 0 Å². The van der Waals surface area contributed by atoms with Crippen molar-refractivity contribution >= 4 is 47.8 Å². The average Bonchev–Trinajstić information content (AvgIpc) is 1.99. The van der Waals surface area contributed by atoms with Crippen molar-refractivity contribution in [2.75, 3.05) is 0 Å². The van der Waals surface area contributed by atoms with Crippen LogP contribution in [0.3, 0.4) is 0 Å². The van der Waals surface area contributed by atoms with Crippen LogP contribution in [-0.2, 0) is 0 Å². The summed E-state index contributed by atoms with van der Waals surface area (Å²) < 4.78 is 2.47. The zero-order valence-electron chi connectivity index (χ0n) is 5.24. The third-order valence-corrected chi connectivity index (χ3v) is 3.83. The standard InChI is InChI=1S/C7H2Br3N/c8-5-1-2-6(9)7(10)4(5)3-11/h1-2H. The van der Waals surface area contributed by atoms with E-state index in [1.807, 2.05) is 12.1 Å². The lowest BCUT2D eigenvalue weighted by Crippen LogP contribution is -1.80. The Morgan fingerprint density at radius 3 is 2.09 bits per heavy atom. The van der Waals surface area contributed by atoms with Crippen molar-refractivity contribution in [3.05, 3.63) is 31.1 Å². The molecule has 0 N–H and O–H groups in total. The smallest absolute Gasteiger partial charge is 0.102 e. The van der Waals surface area contributed by atoms with Crippen LogP contribution in [0, 0.1) is 11.3 Å². The Balaban J connectivity index is 3.44. The van der Waals surface area contributed by atoms with Gasteiger partial charge in [-0.15, -0.1) is 0 Å². The largest absolute Gasteiger partial charge is 0.192 e. The second-order valence-corrected chi connectivity index (χ2v) is 4.33. The Labute approximate surface area is 89.8 Å². The van der Waals surface area contributed by atoms with Gasteiger partial charge in [0, 0.05) is 8.95 Å². The van der Waals surface area contributed by atoms with E-state index in [0.29, 0.717) is 5.56 Å². The topological polar surface area (TPSA) is 23.8 Å². The number of nitriles is 1. The van der Waals surface area contributed by atoms with Gasteiger partial charge >= 0.3 is 0 Å². The minimum Gasteiger partial charge on any atom is -0.192 e. The van der Waals surface area contributed by atoms with Crippen LogP contribution in [0.25, 0.3) is 0 Å². The summed E-state index contributed by atoms with van der Waals surface area (Å²) in [6.07, 6.45) is 0. The molecule has 0 unspecified atom stereocenters. The van der Waals surface area contributed by atoms with Gasteiger partial charge in [0.25, 0.3) is 0 Å². The number of nitrogens with zero attached hydrogens (tertiary/aromatic N) is 1. The number of halogens is 3. The molecule has 0 atom stereocenters. The minimum atomic E-state index is 0.611. The van der Waals surface area contributed by atoms with Crippen LogP contribution in [0.2, 0.25) is 0 Å². The highest BCUT2D eigenvalue weighted by Crippen LogP contribution is 2.31. The van der Waals surface area contributed by atoms with Crippen molar-refractivity contribution in [1.29, 1.82) is 5.26 Å². The Hall–Kier alpha value is 0.150. The van der Waals surface area contributed by atoms with Gasteiger partial charge in [0.05, 0.1) is 10.0 Å². The molecule has 0 aliphatic heterocycles. The summed E-state index contributed by atoms with van der Waals surface area (Å²) in [5, 5.41) is 8.69. The highest BCUT2D eigenvalue weighted by Gasteiger charge is 2.06. The molecular formula is C7H2Br3N. The summed E-state index contributed by atoms with van der Waals surface area (Å²) in [5.41, 5.74) is 0.611. The first-order valence-corrected chi connectivity index (χ1v) is 5.08. The van der Waals surface area contributed by atoms with E-state index in [-0.39, 0.29) is 0 Å². The van der Waals surface area contributed by atoms with E-state index in [4.69, 9.17) is 5.26 Å². The molecule has 0 aliphatic carbocycles. The van der Waals surface area contributed by atoms with Crippen molar-refractivity contribution in [3.8, 4) is 6.07 Å². The molecule has 0 heterocycles. The molecule has 11 heavy (non-hydrogen) atoms. The lowest BCUT2D eigenvalue weighted by Gasteiger charge is -1.99. The molecule has 0 saturated carbocycles. The Kier molecular flexibility index (Phi) is 3.11. The molecule has 4 heteroatoms. The zero-order chi connectivity index (χ0) is 8.43. The summed E-state index contributed by atoms with van der Waals surface area (Å²) in [7, 11) is 0. The molecule has 0 amide bonds. The summed E-state index contributed by atoms with van der Waals surface area (Å²) in [4.78, 5) is 0. The van der Waals surface area contributed by atoms with E-state index in [1.165, 1.54) is 0 Å². The maximum Gasteiger partial charge on any atom is 0.102 e. The quantitative estimate of drug-likeness (QED) is 0.659. The average molecular weight is 340 g/mol. The van der Waals surface area contributed by atoms with Gasteiger partial charge in [-0.2, -0.15) is 5.26 Å². The van der Waals surface area contributed by atoms with Crippen LogP contribution >= 0.6 is 47.8 Å². The monoisotopic (exact) mass is 337 g/mol. The molecule has 56 valence electrons. The zero-order valence-corrected chi connectivity index (χ0v) is 9.99. The van der Waals surface area contributed by atoms with Crippen LogP contribution in [0.5, 0.6) is 0 Å². The van der Waals surface area contributed by atoms with Gasteiger partial charge in [0.2, 0.25) is 0 Å². The van der Waals surface area contributed by atoms with Crippen molar-refractivity contribution in [2.45, 2.75) is 0 Å². The molecule has 0 radical (unpaired) electrons. The third-order valence-electron chi connectivity index (χ3n) is 1.16. The van der Waals surface area contributed by atoms with Gasteiger partial charge < -0.3 is 0 Å². The Morgan fingerprint density at radius 2 is 1.64 bits per heavy atom. The van der Waals surface area contributed by atoms with E-state index >= 15 is 0 Å². The van der Waals surface area contributed by atoms with Crippen LogP contribution in [-0.4, -0.2) is 0 Å². The molecule has 0 spiro atoms. The normalized spacial score (nSPS) is 9.27. The SMILES string of the molecule is N#Cc1c(Br)ccc(Br)c1Br. The van der Waals surface area contributed by atoms with Crippen molar-refractivity contribution in [1.82, 2.24) is 0 Å². The van der Waals surface area contributed by atoms with Crippen molar-refractivity contribution < 1.29 is 0 Å². The second-order valence-electron chi connectivity index (χ2n) is 1.83. The predicted octanol–water partition coefficient (Wildman–Crippen LogP) is 3.85. The van der Waals surface area contributed by atoms with Gasteiger partial charge in [-0.1, -0.05) is 0 Å². The molecule has 0 aromatic heterocycles. The molecule has 1 nitrogen and oxygen atoms in total. The van der Waals surface area contributed by atoms with E-state index in [2.05, 4.69) is 53.9 Å². The van der Waals surface area contributed by atoms with Gasteiger partial charge in [0.1, 0.15) is 6.07 Å². The van der Waals surface area contributed by atoms with Crippen LogP contribution in [0.4, 0.5) is 0 Å². The maximum atomic E-state index is 8.69. The van der Waals surface area contributed by atoms with Gasteiger partial charge in [-0.05, 0) is 59.9 Å². The molecule has 1 aromatic carbocycles. The first kappa shape index (κ1) is 9.24. The Bertz CT molecular complexity index is 327. The highest BCUT2D eigenvalue weighted by molar-refractivity contribution is 9.13. The fourth-order valence-corrected chi connectivity index (χ4v) is 2.08. The number of hydrogen-bond acceptors (Lipinski definition) is 1. The summed E-state index contributed by atoms with van der Waals surface area (Å²) >= 11 is 9.86. The van der Waals surface area contributed by atoms with Gasteiger partial charge in [-0.3, -0.25) is 0 Å². The fraction of sp³-hybridized carbons (Fsp3) is 0. The molecule has 0 fully saturated rings. The Morgan fingerprint density at radius 1 is 1.09 bits per heavy atom. The van der Waals surface area contributed by atoms with Crippen LogP contribution in [0.1, 0.15) is 5.56 Å². The minimum absolute atomic E-state index is 0.611. The van der Waals surface area contributed by atoms with E-state index in [0.717, 1.165) is 13.4 Å². The second kappa shape index (κ2) is 3.70. The predicted molar refractivity (Wildman–Crippen MR) is 54.3 cm³/mol. The maximum absolute atomic E-state index is 8.69. The fourth-order valence-electron chi connectivity index (χ4n) is 0.630. The lowest BCUT2D eigenvalue weighted by atomic mass is 10.2. The van der Waals surface area contributed by atoms with Crippen molar-refractivity contribution in [2.24, 2.45) is 0 Å². The summed E-state index contributed by atoms with van der Waals surface area (Å²) in [6, 6.07) is 5.78. The first-order valence-electron chi connectivity index (χ1n) is 2.70. The van der Waals surface area contributed by atoms with E-state index < -0.39 is 0 Å². The molecule has 1 aromatic rings. The molecule has 1 rings (SSSR count). The van der Waals surface area contributed by atoms with E-state index in [1.54, 1.807) is 0 Å². The van der Waals surface area contributed by atoms with E-state index in [9.17, 15) is 0 Å². The number of rotatable bonds is 0. The summed E-state index contributed by atoms with van der Waals surface area (Å²) in [6.45, 7) is 0. The first-order chi connectivity index (χ1) is 5.16. The van der Waals surface area contributed by atoms with Crippen LogP contribution < -0.4 is 0 Å². The van der Waals surface area contributed by atoms with Crippen LogP contribution in [0.15, 0.2) is 25.6 Å². The number of hydrogen-bond donors (Lipinski definition) is 0. The van der Waals surface area contributed by atoms with Gasteiger partial charge in [0.15, 0.2) is 0 Å². The molecular weight excluding hydrogens is 338 g/mol. The third kappa shape index (κ3) is 1.84. The molecule has 0 aliphatic rings. The lowest BCUT2D eigenvalue weighted by molar-refractivity contribution is 1.43. The summed E-state index contributed by atoms with van der Waals surface area (Å²) in [5.74, 6) is 0. The van der Waals surface area contributed by atoms with Gasteiger partial charge in [-0.25, -0.2) is 0 Å². The highest BCUT2D eigenvalue weighted by atomic mass is 79.9. The number of benzene rings is 1. The molecule has 0 saturated heterocycles.